The van der Waals surface area contributed by atoms with Gasteiger partial charge in [-0.15, -0.1) is 0 Å². The number of rotatable bonds is 4. The standard InChI is InChI=1S/C21H20FNO3/c1-12(2)19(24)17-18(16-7-5-4-6-13(16)3)23(21(26)20(17)25)15-10-8-14(22)9-11-15/h4-12,18,25H,1-3H3. The van der Waals surface area contributed by atoms with Gasteiger partial charge in [-0.1, -0.05) is 38.1 Å². The molecule has 0 bridgehead atoms. The molecule has 0 aromatic heterocycles. The molecule has 0 saturated heterocycles. The second-order valence-electron chi connectivity index (χ2n) is 6.69. The molecular formula is C21H20FNO3. The van der Waals surface area contributed by atoms with Gasteiger partial charge in [0.1, 0.15) is 5.82 Å². The first-order valence-electron chi connectivity index (χ1n) is 8.45. The molecule has 1 atom stereocenters. The smallest absolute Gasteiger partial charge is 0.294 e. The van der Waals surface area contributed by atoms with E-state index in [1.807, 2.05) is 31.2 Å². The lowest BCUT2D eigenvalue weighted by atomic mass is 9.89. The molecule has 1 heterocycles. The van der Waals surface area contributed by atoms with Crippen molar-refractivity contribution < 1.29 is 19.1 Å². The predicted octanol–water partition coefficient (Wildman–Crippen LogP) is 4.26. The van der Waals surface area contributed by atoms with E-state index >= 15 is 0 Å². The second kappa shape index (κ2) is 6.75. The van der Waals surface area contributed by atoms with E-state index in [2.05, 4.69) is 0 Å². The fraction of sp³-hybridized carbons (Fsp3) is 0.238. The van der Waals surface area contributed by atoms with Crippen LogP contribution in [0.4, 0.5) is 10.1 Å². The van der Waals surface area contributed by atoms with E-state index < -0.39 is 23.5 Å². The van der Waals surface area contributed by atoms with E-state index in [4.69, 9.17) is 0 Å². The molecule has 0 radical (unpaired) electrons. The van der Waals surface area contributed by atoms with Crippen LogP contribution in [0.3, 0.4) is 0 Å². The zero-order chi connectivity index (χ0) is 19.0. The lowest BCUT2D eigenvalue weighted by molar-refractivity contribution is -0.119. The average molecular weight is 353 g/mol. The quantitative estimate of drug-likeness (QED) is 0.893. The predicted molar refractivity (Wildman–Crippen MR) is 97.3 cm³/mol. The van der Waals surface area contributed by atoms with Gasteiger partial charge in [-0.2, -0.15) is 0 Å². The van der Waals surface area contributed by atoms with Crippen LogP contribution in [0.25, 0.3) is 0 Å². The number of aliphatic hydroxyl groups is 1. The average Bonchev–Trinajstić information content (AvgIpc) is 2.87. The van der Waals surface area contributed by atoms with E-state index in [0.29, 0.717) is 5.69 Å². The molecule has 4 nitrogen and oxygen atoms in total. The Balaban J connectivity index is 2.21. The lowest BCUT2D eigenvalue weighted by Crippen LogP contribution is -2.31. The van der Waals surface area contributed by atoms with Gasteiger partial charge in [0.25, 0.3) is 5.91 Å². The van der Waals surface area contributed by atoms with Crippen molar-refractivity contribution in [3.8, 4) is 0 Å². The molecule has 1 unspecified atom stereocenters. The van der Waals surface area contributed by atoms with Crippen molar-refractivity contribution in [3.05, 3.63) is 76.8 Å². The van der Waals surface area contributed by atoms with Gasteiger partial charge in [-0.3, -0.25) is 14.5 Å². The van der Waals surface area contributed by atoms with Gasteiger partial charge in [-0.05, 0) is 42.3 Å². The van der Waals surface area contributed by atoms with Gasteiger partial charge in [0, 0.05) is 11.6 Å². The van der Waals surface area contributed by atoms with Crippen LogP contribution in [0.2, 0.25) is 0 Å². The molecule has 0 aliphatic carbocycles. The topological polar surface area (TPSA) is 57.6 Å². The van der Waals surface area contributed by atoms with Crippen molar-refractivity contribution >= 4 is 17.4 Å². The summed E-state index contributed by atoms with van der Waals surface area (Å²) >= 11 is 0. The van der Waals surface area contributed by atoms with Gasteiger partial charge in [0.15, 0.2) is 11.5 Å². The number of ketones is 1. The maximum atomic E-state index is 13.3. The molecule has 0 fully saturated rings. The largest absolute Gasteiger partial charge is 0.503 e. The Morgan fingerprint density at radius 2 is 1.73 bits per heavy atom. The van der Waals surface area contributed by atoms with Crippen molar-refractivity contribution in [3.63, 3.8) is 0 Å². The summed E-state index contributed by atoms with van der Waals surface area (Å²) < 4.78 is 13.3. The third kappa shape index (κ3) is 2.90. The molecular weight excluding hydrogens is 333 g/mol. The molecule has 2 aromatic carbocycles. The Hall–Kier alpha value is -2.95. The number of benzene rings is 2. The van der Waals surface area contributed by atoms with Crippen LogP contribution < -0.4 is 4.90 Å². The fourth-order valence-corrected chi connectivity index (χ4v) is 3.22. The minimum absolute atomic E-state index is 0.0867. The molecule has 0 saturated carbocycles. The third-order valence-electron chi connectivity index (χ3n) is 4.59. The van der Waals surface area contributed by atoms with Gasteiger partial charge in [-0.25, -0.2) is 4.39 Å². The monoisotopic (exact) mass is 353 g/mol. The summed E-state index contributed by atoms with van der Waals surface area (Å²) in [4.78, 5) is 26.9. The van der Waals surface area contributed by atoms with E-state index in [9.17, 15) is 19.1 Å². The van der Waals surface area contributed by atoms with Crippen LogP contribution in [-0.4, -0.2) is 16.8 Å². The molecule has 0 spiro atoms. The molecule has 1 amide bonds. The maximum absolute atomic E-state index is 13.3. The Morgan fingerprint density at radius 3 is 2.31 bits per heavy atom. The molecule has 3 rings (SSSR count). The minimum atomic E-state index is -0.746. The fourth-order valence-electron chi connectivity index (χ4n) is 3.22. The number of hydrogen-bond donors (Lipinski definition) is 1. The molecule has 1 aliphatic heterocycles. The number of nitrogens with zero attached hydrogens (tertiary/aromatic N) is 1. The highest BCUT2D eigenvalue weighted by Crippen LogP contribution is 2.42. The van der Waals surface area contributed by atoms with E-state index in [1.165, 1.54) is 29.2 Å². The zero-order valence-corrected chi connectivity index (χ0v) is 14.9. The van der Waals surface area contributed by atoms with Crippen LogP contribution >= 0.6 is 0 Å². The summed E-state index contributed by atoms with van der Waals surface area (Å²) in [5.41, 5.74) is 2.14. The highest BCUT2D eigenvalue weighted by molar-refractivity contribution is 6.16. The number of carbonyl (C=O) groups excluding carboxylic acids is 2. The number of anilines is 1. The van der Waals surface area contributed by atoms with Crippen LogP contribution in [0.1, 0.15) is 31.0 Å². The highest BCUT2D eigenvalue weighted by Gasteiger charge is 2.45. The third-order valence-corrected chi connectivity index (χ3v) is 4.59. The van der Waals surface area contributed by atoms with E-state index in [-0.39, 0.29) is 17.3 Å². The zero-order valence-electron chi connectivity index (χ0n) is 14.9. The summed E-state index contributed by atoms with van der Waals surface area (Å²) in [6, 6.07) is 12.1. The van der Waals surface area contributed by atoms with Crippen LogP contribution in [-0.2, 0) is 9.59 Å². The van der Waals surface area contributed by atoms with Gasteiger partial charge in [0.2, 0.25) is 0 Å². The normalized spacial score (nSPS) is 17.3. The van der Waals surface area contributed by atoms with Crippen LogP contribution in [0.5, 0.6) is 0 Å². The first kappa shape index (κ1) is 17.9. The van der Waals surface area contributed by atoms with Gasteiger partial charge < -0.3 is 5.11 Å². The number of aryl methyl sites for hydroxylation is 1. The molecule has 1 aliphatic rings. The summed E-state index contributed by atoms with van der Waals surface area (Å²) in [7, 11) is 0. The molecule has 5 heteroatoms. The number of amides is 1. The number of carbonyl (C=O) groups is 2. The Kier molecular flexibility index (Phi) is 4.64. The molecule has 2 aromatic rings. The number of halogens is 1. The molecule has 1 N–H and O–H groups in total. The molecule has 26 heavy (non-hydrogen) atoms. The molecule has 134 valence electrons. The van der Waals surface area contributed by atoms with Crippen molar-refractivity contribution in [2.75, 3.05) is 4.90 Å². The maximum Gasteiger partial charge on any atom is 0.294 e. The Labute approximate surface area is 151 Å². The number of Topliss-reactive ketones (excluding diaryl/α,β-unsaturated/α-hetero) is 1. The van der Waals surface area contributed by atoms with E-state index in [0.717, 1.165) is 11.1 Å². The van der Waals surface area contributed by atoms with Crippen molar-refractivity contribution in [2.24, 2.45) is 5.92 Å². The first-order valence-corrected chi connectivity index (χ1v) is 8.45. The Morgan fingerprint density at radius 1 is 1.12 bits per heavy atom. The van der Waals surface area contributed by atoms with E-state index in [1.54, 1.807) is 13.8 Å². The van der Waals surface area contributed by atoms with Crippen LogP contribution in [0, 0.1) is 18.7 Å². The van der Waals surface area contributed by atoms with Gasteiger partial charge in [0.05, 0.1) is 11.6 Å². The minimum Gasteiger partial charge on any atom is -0.503 e. The summed E-state index contributed by atoms with van der Waals surface area (Å²) in [5, 5.41) is 10.5. The summed E-state index contributed by atoms with van der Waals surface area (Å²) in [6.07, 6.45) is 0. The van der Waals surface area contributed by atoms with Crippen molar-refractivity contribution in [2.45, 2.75) is 26.8 Å². The number of aliphatic hydroxyl groups excluding tert-OH is 1. The Bertz CT molecular complexity index is 900. The summed E-state index contributed by atoms with van der Waals surface area (Å²) in [5.74, 6) is -2.29. The van der Waals surface area contributed by atoms with Crippen LogP contribution in [0.15, 0.2) is 59.9 Å². The SMILES string of the molecule is Cc1ccccc1C1C(C(=O)C(C)C)=C(O)C(=O)N1c1ccc(F)cc1. The summed E-state index contributed by atoms with van der Waals surface area (Å²) in [6.45, 7) is 5.33. The first-order chi connectivity index (χ1) is 12.3. The van der Waals surface area contributed by atoms with Crippen molar-refractivity contribution in [1.29, 1.82) is 0 Å². The highest BCUT2D eigenvalue weighted by atomic mass is 19.1. The lowest BCUT2D eigenvalue weighted by Gasteiger charge is -2.28. The second-order valence-corrected chi connectivity index (χ2v) is 6.69. The van der Waals surface area contributed by atoms with Crippen molar-refractivity contribution in [1.82, 2.24) is 0 Å². The number of hydrogen-bond acceptors (Lipinski definition) is 3. The van der Waals surface area contributed by atoms with Gasteiger partial charge >= 0.3 is 0 Å².